The Morgan fingerprint density at radius 3 is 2.69 bits per heavy atom. The van der Waals surface area contributed by atoms with Crippen LogP contribution in [0.25, 0.3) is 0 Å². The second-order valence-electron chi connectivity index (χ2n) is 6.08. The highest BCUT2D eigenvalue weighted by atomic mass is 79.9. The molecule has 2 aromatic carbocycles. The lowest BCUT2D eigenvalue weighted by molar-refractivity contribution is -0.122. The largest absolute Gasteiger partial charge is 0.481 e. The maximum absolute atomic E-state index is 12.3. The van der Waals surface area contributed by atoms with Crippen LogP contribution in [0.4, 0.5) is 5.13 Å². The van der Waals surface area contributed by atoms with Crippen LogP contribution in [0.15, 0.2) is 59.1 Å². The topological polar surface area (TPSA) is 93.2 Å². The van der Waals surface area contributed by atoms with E-state index in [1.165, 1.54) is 11.3 Å². The molecule has 1 aromatic heterocycles. The minimum absolute atomic E-state index is 0.156. The standard InChI is InChI=1S/C20H19BrN4O3S/c1-13(28-16-8-3-2-4-9-16)18(26)23-20-25-24-17(29-20)10-11-22-19(27)14-6-5-7-15(21)12-14/h2-9,12-13H,10-11H2,1H3,(H,22,27)(H,23,25,26). The highest BCUT2D eigenvalue weighted by molar-refractivity contribution is 9.10. The second kappa shape index (κ2) is 10.1. The summed E-state index contributed by atoms with van der Waals surface area (Å²) in [7, 11) is 0. The monoisotopic (exact) mass is 474 g/mol. The third-order valence-electron chi connectivity index (χ3n) is 3.83. The highest BCUT2D eigenvalue weighted by Gasteiger charge is 2.17. The predicted octanol–water partition coefficient (Wildman–Crippen LogP) is 3.68. The molecule has 0 saturated heterocycles. The van der Waals surface area contributed by atoms with Gasteiger partial charge in [0, 0.05) is 23.0 Å². The number of benzene rings is 2. The maximum Gasteiger partial charge on any atom is 0.266 e. The van der Waals surface area contributed by atoms with Crippen LogP contribution in [0, 0.1) is 0 Å². The molecule has 0 aliphatic rings. The molecule has 150 valence electrons. The van der Waals surface area contributed by atoms with Gasteiger partial charge in [-0.05, 0) is 37.3 Å². The molecule has 3 aromatic rings. The number of amides is 2. The average molecular weight is 475 g/mol. The molecule has 9 heteroatoms. The number of rotatable bonds is 8. The molecule has 0 spiro atoms. The number of carbonyl (C=O) groups is 2. The van der Waals surface area contributed by atoms with Gasteiger partial charge in [0.05, 0.1) is 0 Å². The van der Waals surface area contributed by atoms with Crippen LogP contribution in [0.2, 0.25) is 0 Å². The van der Waals surface area contributed by atoms with Crippen LogP contribution >= 0.6 is 27.3 Å². The van der Waals surface area contributed by atoms with Crippen molar-refractivity contribution in [3.8, 4) is 5.75 Å². The van der Waals surface area contributed by atoms with Crippen molar-refractivity contribution in [2.45, 2.75) is 19.4 Å². The molecular formula is C20H19BrN4O3S. The van der Waals surface area contributed by atoms with Crippen molar-refractivity contribution in [3.05, 3.63) is 69.6 Å². The first-order valence-corrected chi connectivity index (χ1v) is 10.5. The van der Waals surface area contributed by atoms with E-state index in [1.807, 2.05) is 24.3 Å². The number of ether oxygens (including phenoxy) is 1. The number of para-hydroxylation sites is 1. The van der Waals surface area contributed by atoms with Gasteiger partial charge in [-0.1, -0.05) is 51.5 Å². The first-order chi connectivity index (χ1) is 14.0. The summed E-state index contributed by atoms with van der Waals surface area (Å²) in [5, 5.41) is 14.7. The van der Waals surface area contributed by atoms with E-state index in [4.69, 9.17) is 4.74 Å². The van der Waals surface area contributed by atoms with Gasteiger partial charge in [-0.3, -0.25) is 14.9 Å². The Morgan fingerprint density at radius 2 is 1.93 bits per heavy atom. The summed E-state index contributed by atoms with van der Waals surface area (Å²) in [5.74, 6) is 0.157. The van der Waals surface area contributed by atoms with Crippen LogP contribution in [-0.2, 0) is 11.2 Å². The van der Waals surface area contributed by atoms with Crippen LogP contribution in [-0.4, -0.2) is 34.7 Å². The number of nitrogens with one attached hydrogen (secondary N) is 2. The molecule has 1 atom stereocenters. The Labute approximate surface area is 180 Å². The summed E-state index contributed by atoms with van der Waals surface area (Å²) in [6, 6.07) is 16.3. The molecule has 0 aliphatic carbocycles. The average Bonchev–Trinajstić information content (AvgIpc) is 3.15. The van der Waals surface area contributed by atoms with Crippen LogP contribution in [0.3, 0.4) is 0 Å². The van der Waals surface area contributed by atoms with E-state index in [0.29, 0.717) is 34.4 Å². The Balaban J connectivity index is 1.45. The van der Waals surface area contributed by atoms with Crippen molar-refractivity contribution >= 4 is 44.2 Å². The minimum Gasteiger partial charge on any atom is -0.481 e. The molecule has 0 aliphatic heterocycles. The summed E-state index contributed by atoms with van der Waals surface area (Å²) in [5.41, 5.74) is 0.581. The summed E-state index contributed by atoms with van der Waals surface area (Å²) in [6.07, 6.45) is -0.155. The zero-order chi connectivity index (χ0) is 20.6. The Kier molecular flexibility index (Phi) is 7.31. The van der Waals surface area contributed by atoms with Gasteiger partial charge in [0.2, 0.25) is 5.13 Å². The summed E-state index contributed by atoms with van der Waals surface area (Å²) in [6.45, 7) is 2.09. The lowest BCUT2D eigenvalue weighted by atomic mass is 10.2. The van der Waals surface area contributed by atoms with Crippen molar-refractivity contribution in [3.63, 3.8) is 0 Å². The summed E-state index contributed by atoms with van der Waals surface area (Å²) < 4.78 is 6.44. The molecule has 0 fully saturated rings. The van der Waals surface area contributed by atoms with Crippen LogP contribution in [0.1, 0.15) is 22.3 Å². The van der Waals surface area contributed by atoms with E-state index < -0.39 is 6.10 Å². The van der Waals surface area contributed by atoms with Crippen molar-refractivity contribution in [2.24, 2.45) is 0 Å². The van der Waals surface area contributed by atoms with Gasteiger partial charge < -0.3 is 10.1 Å². The van der Waals surface area contributed by atoms with Crippen LogP contribution in [0.5, 0.6) is 5.75 Å². The van der Waals surface area contributed by atoms with E-state index >= 15 is 0 Å². The normalized spacial score (nSPS) is 11.5. The van der Waals surface area contributed by atoms with Crippen molar-refractivity contribution in [1.82, 2.24) is 15.5 Å². The van der Waals surface area contributed by atoms with E-state index in [1.54, 1.807) is 37.3 Å². The van der Waals surface area contributed by atoms with Gasteiger partial charge in [0.25, 0.3) is 11.8 Å². The zero-order valence-corrected chi connectivity index (χ0v) is 18.0. The van der Waals surface area contributed by atoms with Gasteiger partial charge in [0.15, 0.2) is 6.10 Å². The smallest absolute Gasteiger partial charge is 0.266 e. The molecule has 0 saturated carbocycles. The lowest BCUT2D eigenvalue weighted by Crippen LogP contribution is -2.30. The van der Waals surface area contributed by atoms with Gasteiger partial charge in [-0.25, -0.2) is 0 Å². The van der Waals surface area contributed by atoms with Gasteiger partial charge in [-0.2, -0.15) is 0 Å². The molecule has 3 rings (SSSR count). The molecule has 2 N–H and O–H groups in total. The quantitative estimate of drug-likeness (QED) is 0.519. The van der Waals surface area contributed by atoms with E-state index in [0.717, 1.165) is 4.47 Å². The predicted molar refractivity (Wildman–Crippen MR) is 115 cm³/mol. The summed E-state index contributed by atoms with van der Waals surface area (Å²) >= 11 is 4.61. The molecule has 1 unspecified atom stereocenters. The highest BCUT2D eigenvalue weighted by Crippen LogP contribution is 2.17. The number of carbonyl (C=O) groups excluding carboxylic acids is 2. The van der Waals surface area contributed by atoms with Crippen molar-refractivity contribution in [1.29, 1.82) is 0 Å². The Morgan fingerprint density at radius 1 is 1.14 bits per heavy atom. The molecule has 0 bridgehead atoms. The Hall–Kier alpha value is -2.78. The second-order valence-corrected chi connectivity index (χ2v) is 8.06. The minimum atomic E-state index is -0.672. The van der Waals surface area contributed by atoms with Crippen molar-refractivity contribution < 1.29 is 14.3 Å². The molecule has 7 nitrogen and oxygen atoms in total. The summed E-state index contributed by atoms with van der Waals surface area (Å²) in [4.78, 5) is 24.4. The van der Waals surface area contributed by atoms with Crippen LogP contribution < -0.4 is 15.4 Å². The number of halogens is 1. The zero-order valence-electron chi connectivity index (χ0n) is 15.6. The fourth-order valence-electron chi connectivity index (χ4n) is 2.38. The lowest BCUT2D eigenvalue weighted by Gasteiger charge is -2.13. The maximum atomic E-state index is 12.3. The SMILES string of the molecule is CC(Oc1ccccc1)C(=O)Nc1nnc(CCNC(=O)c2cccc(Br)c2)s1. The number of hydrogen-bond donors (Lipinski definition) is 2. The number of hydrogen-bond acceptors (Lipinski definition) is 6. The van der Waals surface area contributed by atoms with Gasteiger partial charge in [0.1, 0.15) is 10.8 Å². The molecule has 1 heterocycles. The molecule has 2 amide bonds. The first kappa shape index (κ1) is 20.9. The molecular weight excluding hydrogens is 456 g/mol. The fraction of sp³-hybridized carbons (Fsp3) is 0.200. The van der Waals surface area contributed by atoms with Gasteiger partial charge in [-0.15, -0.1) is 10.2 Å². The third-order valence-corrected chi connectivity index (χ3v) is 5.23. The van der Waals surface area contributed by atoms with E-state index in [2.05, 4.69) is 36.8 Å². The number of anilines is 1. The van der Waals surface area contributed by atoms with E-state index in [-0.39, 0.29) is 11.8 Å². The number of nitrogens with zero attached hydrogens (tertiary/aromatic N) is 2. The number of aromatic nitrogens is 2. The van der Waals surface area contributed by atoms with E-state index in [9.17, 15) is 9.59 Å². The molecule has 0 radical (unpaired) electrons. The molecule has 29 heavy (non-hydrogen) atoms. The van der Waals surface area contributed by atoms with Gasteiger partial charge >= 0.3 is 0 Å². The first-order valence-electron chi connectivity index (χ1n) is 8.90. The Bertz CT molecular complexity index is 981. The fourth-order valence-corrected chi connectivity index (χ4v) is 3.53. The van der Waals surface area contributed by atoms with Crippen molar-refractivity contribution in [2.75, 3.05) is 11.9 Å². The third kappa shape index (κ3) is 6.37.